The first kappa shape index (κ1) is 13.0. The van der Waals surface area contributed by atoms with Crippen molar-refractivity contribution in [3.63, 3.8) is 0 Å². The molecule has 21 heavy (non-hydrogen) atoms. The third kappa shape index (κ3) is 2.39. The molecule has 0 heterocycles. The summed E-state index contributed by atoms with van der Waals surface area (Å²) < 4.78 is 5.18. The minimum Gasteiger partial charge on any atom is -0.507 e. The van der Waals surface area contributed by atoms with Crippen molar-refractivity contribution in [3.05, 3.63) is 66.2 Å². The molecule has 0 aliphatic heterocycles. The van der Waals surface area contributed by atoms with Gasteiger partial charge in [0.1, 0.15) is 22.8 Å². The number of ether oxygens (including phenoxy) is 1. The van der Waals surface area contributed by atoms with E-state index >= 15 is 0 Å². The van der Waals surface area contributed by atoms with Crippen LogP contribution in [-0.4, -0.2) is 16.2 Å². The third-order valence-electron chi connectivity index (χ3n) is 3.17. The molecule has 104 valence electrons. The number of carbonyl (C=O) groups is 1. The van der Waals surface area contributed by atoms with Gasteiger partial charge in [0.15, 0.2) is 0 Å². The van der Waals surface area contributed by atoms with Crippen molar-refractivity contribution in [2.45, 2.75) is 0 Å². The van der Waals surface area contributed by atoms with Crippen molar-refractivity contribution in [2.75, 3.05) is 0 Å². The van der Waals surface area contributed by atoms with Crippen molar-refractivity contribution in [3.8, 4) is 17.2 Å². The summed E-state index contributed by atoms with van der Waals surface area (Å²) in [5, 5.41) is 21.1. The summed E-state index contributed by atoms with van der Waals surface area (Å²) in [6.45, 7) is 0. The highest BCUT2D eigenvalue weighted by Gasteiger charge is 2.18. The summed E-state index contributed by atoms with van der Waals surface area (Å²) in [5.41, 5.74) is -0.0740. The lowest BCUT2D eigenvalue weighted by Gasteiger charge is -2.09. The second-order valence-electron chi connectivity index (χ2n) is 4.54. The monoisotopic (exact) mass is 280 g/mol. The first-order chi connectivity index (χ1) is 10.2. The van der Waals surface area contributed by atoms with Crippen LogP contribution in [0.1, 0.15) is 10.4 Å². The highest BCUT2D eigenvalue weighted by molar-refractivity contribution is 6.04. The van der Waals surface area contributed by atoms with E-state index in [4.69, 9.17) is 4.74 Å². The van der Waals surface area contributed by atoms with Gasteiger partial charge in [-0.3, -0.25) is 0 Å². The summed E-state index contributed by atoms with van der Waals surface area (Å²) in [4.78, 5) is 12.1. The molecule has 0 radical (unpaired) electrons. The van der Waals surface area contributed by atoms with Crippen LogP contribution in [0.3, 0.4) is 0 Å². The van der Waals surface area contributed by atoms with Gasteiger partial charge in [0, 0.05) is 10.8 Å². The van der Waals surface area contributed by atoms with Crippen LogP contribution in [-0.2, 0) is 0 Å². The molecule has 0 amide bonds. The molecule has 0 aliphatic rings. The Labute approximate surface area is 120 Å². The number of hydrogen-bond donors (Lipinski definition) is 2. The molecule has 4 nitrogen and oxygen atoms in total. The number of rotatable bonds is 2. The maximum Gasteiger partial charge on any atom is 0.347 e. The van der Waals surface area contributed by atoms with E-state index in [0.29, 0.717) is 16.5 Å². The van der Waals surface area contributed by atoms with E-state index in [9.17, 15) is 15.0 Å². The van der Waals surface area contributed by atoms with Crippen LogP contribution >= 0.6 is 0 Å². The molecule has 3 aromatic rings. The van der Waals surface area contributed by atoms with E-state index < -0.39 is 5.97 Å². The van der Waals surface area contributed by atoms with Crippen molar-refractivity contribution < 1.29 is 19.7 Å². The van der Waals surface area contributed by atoms with Gasteiger partial charge >= 0.3 is 5.97 Å². The lowest BCUT2D eigenvalue weighted by molar-refractivity contribution is 0.0731. The van der Waals surface area contributed by atoms with E-state index in [1.165, 1.54) is 6.07 Å². The van der Waals surface area contributed by atoms with Crippen LogP contribution in [0.5, 0.6) is 17.2 Å². The summed E-state index contributed by atoms with van der Waals surface area (Å²) in [7, 11) is 0. The van der Waals surface area contributed by atoms with E-state index in [2.05, 4.69) is 0 Å². The number of hydrogen-bond acceptors (Lipinski definition) is 4. The number of aromatic hydroxyl groups is 2. The Morgan fingerprint density at radius 1 is 0.857 bits per heavy atom. The number of fused-ring (bicyclic) bond motifs is 1. The van der Waals surface area contributed by atoms with Gasteiger partial charge in [0.2, 0.25) is 0 Å². The Hall–Kier alpha value is -3.01. The fraction of sp³-hybridized carbons (Fsp3) is 0. The topological polar surface area (TPSA) is 66.8 Å². The van der Waals surface area contributed by atoms with Gasteiger partial charge in [-0.1, -0.05) is 42.5 Å². The Balaban J connectivity index is 2.04. The Morgan fingerprint density at radius 2 is 1.48 bits per heavy atom. The maximum atomic E-state index is 12.1. The first-order valence-electron chi connectivity index (χ1n) is 6.37. The molecule has 0 fully saturated rings. The van der Waals surface area contributed by atoms with Crippen molar-refractivity contribution in [1.82, 2.24) is 0 Å². The third-order valence-corrected chi connectivity index (χ3v) is 3.17. The van der Waals surface area contributed by atoms with E-state index in [1.54, 1.807) is 54.6 Å². The number of carbonyl (C=O) groups excluding carboxylic acids is 1. The average molecular weight is 280 g/mol. The lowest BCUT2D eigenvalue weighted by Crippen LogP contribution is -2.08. The van der Waals surface area contributed by atoms with Gasteiger partial charge in [-0.25, -0.2) is 4.79 Å². The fourth-order valence-corrected chi connectivity index (χ4v) is 2.15. The molecule has 0 aromatic heterocycles. The number of phenols is 2. The van der Waals surface area contributed by atoms with Crippen LogP contribution in [0.15, 0.2) is 60.7 Å². The zero-order valence-corrected chi connectivity index (χ0v) is 11.0. The highest BCUT2D eigenvalue weighted by atomic mass is 16.5. The minimum atomic E-state index is -0.722. The van der Waals surface area contributed by atoms with E-state index in [-0.39, 0.29) is 17.1 Å². The Morgan fingerprint density at radius 3 is 2.19 bits per heavy atom. The highest BCUT2D eigenvalue weighted by Crippen LogP contribution is 2.35. The largest absolute Gasteiger partial charge is 0.507 e. The van der Waals surface area contributed by atoms with Gasteiger partial charge in [0.25, 0.3) is 0 Å². The second kappa shape index (κ2) is 5.17. The summed E-state index contributed by atoms with van der Waals surface area (Å²) in [6.07, 6.45) is 0. The SMILES string of the molecule is O=C(Oc1ccccc1)c1cc(O)c2ccccc2c1O. The minimum absolute atomic E-state index is 0.0740. The molecule has 0 spiro atoms. The Kier molecular flexibility index (Phi) is 3.20. The maximum absolute atomic E-state index is 12.1. The second-order valence-corrected chi connectivity index (χ2v) is 4.54. The summed E-state index contributed by atoms with van der Waals surface area (Å²) in [6, 6.07) is 16.5. The van der Waals surface area contributed by atoms with Gasteiger partial charge in [-0.15, -0.1) is 0 Å². The average Bonchev–Trinajstić information content (AvgIpc) is 2.52. The zero-order valence-electron chi connectivity index (χ0n) is 11.0. The number of phenolic OH excluding ortho intramolecular Hbond substituents is 2. The molecule has 0 unspecified atom stereocenters. The standard InChI is InChI=1S/C17H12O4/c18-15-10-14(16(19)13-9-5-4-8-12(13)15)17(20)21-11-6-2-1-3-7-11/h1-10,18-19H. The van der Waals surface area contributed by atoms with Gasteiger partial charge in [-0.05, 0) is 18.2 Å². The molecule has 3 aromatic carbocycles. The molecule has 0 saturated carbocycles. The van der Waals surface area contributed by atoms with Crippen LogP contribution in [0, 0.1) is 0 Å². The normalized spacial score (nSPS) is 10.5. The van der Waals surface area contributed by atoms with Crippen LogP contribution in [0.2, 0.25) is 0 Å². The van der Waals surface area contributed by atoms with Crippen molar-refractivity contribution >= 4 is 16.7 Å². The number of esters is 1. The van der Waals surface area contributed by atoms with Crippen molar-refractivity contribution in [1.29, 1.82) is 0 Å². The van der Waals surface area contributed by atoms with Crippen LogP contribution in [0.25, 0.3) is 10.8 Å². The van der Waals surface area contributed by atoms with Crippen molar-refractivity contribution in [2.24, 2.45) is 0 Å². The zero-order chi connectivity index (χ0) is 14.8. The van der Waals surface area contributed by atoms with Gasteiger partial charge < -0.3 is 14.9 Å². The predicted octanol–water partition coefficient (Wildman–Crippen LogP) is 3.47. The molecular weight excluding hydrogens is 268 g/mol. The van der Waals surface area contributed by atoms with Crippen LogP contribution in [0.4, 0.5) is 0 Å². The summed E-state index contributed by atoms with van der Waals surface area (Å²) in [5.74, 6) is -0.637. The molecule has 3 rings (SSSR count). The first-order valence-corrected chi connectivity index (χ1v) is 6.37. The molecule has 0 saturated heterocycles. The molecule has 0 aliphatic carbocycles. The Bertz CT molecular complexity index is 810. The number of benzene rings is 3. The van der Waals surface area contributed by atoms with E-state index in [1.807, 2.05) is 0 Å². The van der Waals surface area contributed by atoms with Crippen LogP contribution < -0.4 is 4.74 Å². The predicted molar refractivity (Wildman–Crippen MR) is 78.7 cm³/mol. The molecular formula is C17H12O4. The smallest absolute Gasteiger partial charge is 0.347 e. The molecule has 2 N–H and O–H groups in total. The lowest BCUT2D eigenvalue weighted by atomic mass is 10.0. The van der Waals surface area contributed by atoms with Gasteiger partial charge in [-0.2, -0.15) is 0 Å². The molecule has 0 bridgehead atoms. The quantitative estimate of drug-likeness (QED) is 0.428. The summed E-state index contributed by atoms with van der Waals surface area (Å²) >= 11 is 0. The molecule has 0 atom stereocenters. The number of para-hydroxylation sites is 1. The molecule has 4 heteroatoms. The van der Waals surface area contributed by atoms with E-state index in [0.717, 1.165) is 0 Å². The fourth-order valence-electron chi connectivity index (χ4n) is 2.15. The van der Waals surface area contributed by atoms with Gasteiger partial charge in [0.05, 0.1) is 0 Å².